The molecule has 0 aromatic carbocycles. The minimum absolute atomic E-state index is 0.126. The van der Waals surface area contributed by atoms with Crippen molar-refractivity contribution in [3.63, 3.8) is 0 Å². The Kier molecular flexibility index (Phi) is 3.79. The molecule has 1 aliphatic heterocycles. The van der Waals surface area contributed by atoms with E-state index >= 15 is 0 Å². The number of rotatable bonds is 2. The van der Waals surface area contributed by atoms with E-state index in [1.54, 1.807) is 0 Å². The molecule has 17 heavy (non-hydrogen) atoms. The third-order valence-electron chi connectivity index (χ3n) is 3.10. The molecule has 0 spiro atoms. The molecular weight excluding hydrogens is 212 g/mol. The van der Waals surface area contributed by atoms with E-state index in [0.717, 1.165) is 32.8 Å². The van der Waals surface area contributed by atoms with Crippen LogP contribution >= 0.6 is 0 Å². The van der Waals surface area contributed by atoms with Crippen LogP contribution in [0.4, 0.5) is 0 Å². The minimum atomic E-state index is 0.126. The highest BCUT2D eigenvalue weighted by molar-refractivity contribution is 5.21. The highest BCUT2D eigenvalue weighted by Crippen LogP contribution is 2.21. The summed E-state index contributed by atoms with van der Waals surface area (Å²) >= 11 is 0. The molecule has 2 heterocycles. The van der Waals surface area contributed by atoms with Crippen molar-refractivity contribution in [3.8, 4) is 0 Å². The lowest BCUT2D eigenvalue weighted by Gasteiger charge is -2.27. The number of hydrogen-bond donors (Lipinski definition) is 0. The van der Waals surface area contributed by atoms with Gasteiger partial charge in [-0.05, 0) is 17.7 Å². The fourth-order valence-corrected chi connectivity index (χ4v) is 2.00. The first kappa shape index (κ1) is 12.5. The topological polar surface area (TPSA) is 25.4 Å². The van der Waals surface area contributed by atoms with E-state index in [9.17, 15) is 0 Å². The lowest BCUT2D eigenvalue weighted by Crippen LogP contribution is -2.35. The molecule has 0 amide bonds. The first-order valence-corrected chi connectivity index (χ1v) is 6.31. The second-order valence-electron chi connectivity index (χ2n) is 5.69. The fraction of sp³-hybridized carbons (Fsp3) is 0.643. The molecule has 0 unspecified atom stereocenters. The number of ether oxygens (including phenoxy) is 1. The van der Waals surface area contributed by atoms with Crippen LogP contribution in [0.3, 0.4) is 0 Å². The van der Waals surface area contributed by atoms with Crippen molar-refractivity contribution in [1.82, 2.24) is 9.88 Å². The van der Waals surface area contributed by atoms with Gasteiger partial charge in [-0.25, -0.2) is 0 Å². The Bertz CT molecular complexity index is 365. The van der Waals surface area contributed by atoms with Gasteiger partial charge in [0.2, 0.25) is 0 Å². The van der Waals surface area contributed by atoms with Crippen LogP contribution in [0, 0.1) is 0 Å². The lowest BCUT2D eigenvalue weighted by molar-refractivity contribution is 0.0341. The molecule has 1 fully saturated rings. The molecular formula is C14H22N2O. The number of aromatic nitrogens is 1. The average molecular weight is 234 g/mol. The largest absolute Gasteiger partial charge is 0.379 e. The standard InChI is InChI=1S/C14H22N2O/c1-14(2,3)13-10-12(4-5-15-13)11-16-6-8-17-9-7-16/h4-5,10H,6-9,11H2,1-3H3. The predicted octanol–water partition coefficient (Wildman–Crippen LogP) is 2.21. The van der Waals surface area contributed by atoms with E-state index in [-0.39, 0.29) is 5.41 Å². The first-order chi connectivity index (χ1) is 8.05. The maximum atomic E-state index is 5.36. The van der Waals surface area contributed by atoms with Crippen molar-refractivity contribution < 1.29 is 4.74 Å². The van der Waals surface area contributed by atoms with E-state index in [1.807, 2.05) is 6.20 Å². The number of hydrogen-bond acceptors (Lipinski definition) is 3. The van der Waals surface area contributed by atoms with Crippen LogP contribution in [-0.2, 0) is 16.7 Å². The summed E-state index contributed by atoms with van der Waals surface area (Å²) < 4.78 is 5.36. The lowest BCUT2D eigenvalue weighted by atomic mass is 9.91. The van der Waals surface area contributed by atoms with Gasteiger partial charge in [-0.2, -0.15) is 0 Å². The van der Waals surface area contributed by atoms with Gasteiger partial charge < -0.3 is 4.74 Å². The smallest absolute Gasteiger partial charge is 0.0594 e. The van der Waals surface area contributed by atoms with Crippen molar-refractivity contribution in [2.24, 2.45) is 0 Å². The summed E-state index contributed by atoms with van der Waals surface area (Å²) in [5.41, 5.74) is 2.65. The Morgan fingerprint density at radius 1 is 1.29 bits per heavy atom. The van der Waals surface area contributed by atoms with Gasteiger partial charge in [0, 0.05) is 36.9 Å². The monoisotopic (exact) mass is 234 g/mol. The van der Waals surface area contributed by atoms with Crippen molar-refractivity contribution in [1.29, 1.82) is 0 Å². The first-order valence-electron chi connectivity index (χ1n) is 6.31. The molecule has 0 atom stereocenters. The van der Waals surface area contributed by atoms with Crippen LogP contribution in [0.2, 0.25) is 0 Å². The SMILES string of the molecule is CC(C)(C)c1cc(CN2CCOCC2)ccn1. The molecule has 1 saturated heterocycles. The van der Waals surface area contributed by atoms with Gasteiger partial charge in [-0.1, -0.05) is 20.8 Å². The normalized spacial score (nSPS) is 18.3. The minimum Gasteiger partial charge on any atom is -0.379 e. The van der Waals surface area contributed by atoms with Gasteiger partial charge in [-0.3, -0.25) is 9.88 Å². The molecule has 94 valence electrons. The third kappa shape index (κ3) is 3.51. The van der Waals surface area contributed by atoms with Crippen molar-refractivity contribution in [3.05, 3.63) is 29.6 Å². The summed E-state index contributed by atoms with van der Waals surface area (Å²) in [5.74, 6) is 0. The maximum Gasteiger partial charge on any atom is 0.0594 e. The van der Waals surface area contributed by atoms with E-state index in [1.165, 1.54) is 11.3 Å². The Balaban J connectivity index is 2.05. The molecule has 3 nitrogen and oxygen atoms in total. The highest BCUT2D eigenvalue weighted by Gasteiger charge is 2.16. The number of pyridine rings is 1. The van der Waals surface area contributed by atoms with Gasteiger partial charge in [0.1, 0.15) is 0 Å². The molecule has 2 rings (SSSR count). The molecule has 0 bridgehead atoms. The summed E-state index contributed by atoms with van der Waals surface area (Å²) in [6, 6.07) is 4.35. The average Bonchev–Trinajstić information content (AvgIpc) is 2.29. The van der Waals surface area contributed by atoms with E-state index in [0.29, 0.717) is 0 Å². The Labute approximate surface area is 104 Å². The molecule has 0 N–H and O–H groups in total. The van der Waals surface area contributed by atoms with Crippen LogP contribution in [0.5, 0.6) is 0 Å². The van der Waals surface area contributed by atoms with Crippen LogP contribution < -0.4 is 0 Å². The molecule has 1 aromatic rings. The predicted molar refractivity (Wildman–Crippen MR) is 69.0 cm³/mol. The summed E-state index contributed by atoms with van der Waals surface area (Å²) in [5, 5.41) is 0. The zero-order valence-corrected chi connectivity index (χ0v) is 11.1. The van der Waals surface area contributed by atoms with Gasteiger partial charge in [0.15, 0.2) is 0 Å². The van der Waals surface area contributed by atoms with Crippen molar-refractivity contribution in [2.75, 3.05) is 26.3 Å². The van der Waals surface area contributed by atoms with Crippen LogP contribution in [-0.4, -0.2) is 36.2 Å². The quantitative estimate of drug-likeness (QED) is 0.784. The van der Waals surface area contributed by atoms with Crippen LogP contribution in [0.25, 0.3) is 0 Å². The number of morpholine rings is 1. The second-order valence-corrected chi connectivity index (χ2v) is 5.69. The zero-order chi connectivity index (χ0) is 12.3. The van der Waals surface area contributed by atoms with Gasteiger partial charge in [0.25, 0.3) is 0 Å². The second kappa shape index (κ2) is 5.15. The Morgan fingerprint density at radius 3 is 2.65 bits per heavy atom. The van der Waals surface area contributed by atoms with E-state index < -0.39 is 0 Å². The van der Waals surface area contributed by atoms with Crippen molar-refractivity contribution in [2.45, 2.75) is 32.7 Å². The van der Waals surface area contributed by atoms with Gasteiger partial charge in [0.05, 0.1) is 13.2 Å². The highest BCUT2D eigenvalue weighted by atomic mass is 16.5. The van der Waals surface area contributed by atoms with E-state index in [4.69, 9.17) is 4.74 Å². The number of nitrogens with zero attached hydrogens (tertiary/aromatic N) is 2. The van der Waals surface area contributed by atoms with Gasteiger partial charge in [-0.15, -0.1) is 0 Å². The third-order valence-corrected chi connectivity index (χ3v) is 3.10. The zero-order valence-electron chi connectivity index (χ0n) is 11.1. The molecule has 0 saturated carbocycles. The summed E-state index contributed by atoms with van der Waals surface area (Å²) in [4.78, 5) is 6.90. The van der Waals surface area contributed by atoms with Crippen molar-refractivity contribution >= 4 is 0 Å². The van der Waals surface area contributed by atoms with Gasteiger partial charge >= 0.3 is 0 Å². The fourth-order valence-electron chi connectivity index (χ4n) is 2.00. The summed E-state index contributed by atoms with van der Waals surface area (Å²) in [7, 11) is 0. The Morgan fingerprint density at radius 2 is 2.00 bits per heavy atom. The Hall–Kier alpha value is -0.930. The maximum absolute atomic E-state index is 5.36. The van der Waals surface area contributed by atoms with E-state index in [2.05, 4.69) is 42.8 Å². The molecule has 1 aliphatic rings. The molecule has 0 aliphatic carbocycles. The van der Waals surface area contributed by atoms with Crippen LogP contribution in [0.1, 0.15) is 32.0 Å². The molecule has 3 heteroatoms. The van der Waals surface area contributed by atoms with Crippen LogP contribution in [0.15, 0.2) is 18.3 Å². The summed E-state index contributed by atoms with van der Waals surface area (Å²) in [6.45, 7) is 11.4. The summed E-state index contributed by atoms with van der Waals surface area (Å²) in [6.07, 6.45) is 1.93. The molecule has 0 radical (unpaired) electrons. The molecule has 1 aromatic heterocycles.